The van der Waals surface area contributed by atoms with Gasteiger partial charge in [0.1, 0.15) is 5.75 Å². The molecule has 1 unspecified atom stereocenters. The lowest BCUT2D eigenvalue weighted by molar-refractivity contribution is -0.122. The van der Waals surface area contributed by atoms with Gasteiger partial charge in [-0.1, -0.05) is 29.8 Å². The predicted molar refractivity (Wildman–Crippen MR) is 93.3 cm³/mol. The molecule has 23 heavy (non-hydrogen) atoms. The van der Waals surface area contributed by atoms with E-state index in [1.165, 1.54) is 24.0 Å². The van der Waals surface area contributed by atoms with Crippen LogP contribution in [0.1, 0.15) is 30.9 Å². The van der Waals surface area contributed by atoms with Gasteiger partial charge in [0.15, 0.2) is 6.10 Å². The summed E-state index contributed by atoms with van der Waals surface area (Å²) in [5.74, 6) is 0.531. The van der Waals surface area contributed by atoms with E-state index in [2.05, 4.69) is 17.4 Å². The number of benzene rings is 2. The Morgan fingerprint density at radius 3 is 2.65 bits per heavy atom. The third kappa shape index (κ3) is 3.85. The fourth-order valence-corrected chi connectivity index (χ4v) is 3.02. The van der Waals surface area contributed by atoms with Crippen LogP contribution in [0.2, 0.25) is 5.02 Å². The van der Waals surface area contributed by atoms with Crippen LogP contribution in [0.5, 0.6) is 5.75 Å². The van der Waals surface area contributed by atoms with Crippen molar-refractivity contribution in [1.29, 1.82) is 0 Å². The van der Waals surface area contributed by atoms with Crippen molar-refractivity contribution < 1.29 is 9.53 Å². The molecule has 4 heteroatoms. The molecule has 0 saturated heterocycles. The number of aryl methyl sites for hydroxylation is 2. The van der Waals surface area contributed by atoms with Gasteiger partial charge in [0.2, 0.25) is 0 Å². The number of amides is 1. The molecule has 0 saturated carbocycles. The Bertz CT molecular complexity index is 714. The van der Waals surface area contributed by atoms with E-state index in [4.69, 9.17) is 16.3 Å². The number of anilines is 1. The molecule has 2 aromatic rings. The minimum atomic E-state index is -0.590. The summed E-state index contributed by atoms with van der Waals surface area (Å²) in [4.78, 5) is 12.3. The van der Waals surface area contributed by atoms with Crippen LogP contribution >= 0.6 is 11.6 Å². The highest BCUT2D eigenvalue weighted by Crippen LogP contribution is 2.26. The maximum atomic E-state index is 12.3. The van der Waals surface area contributed by atoms with Crippen molar-refractivity contribution >= 4 is 23.2 Å². The second kappa shape index (κ2) is 7.05. The minimum absolute atomic E-state index is 0.212. The van der Waals surface area contributed by atoms with E-state index < -0.39 is 6.10 Å². The quantitative estimate of drug-likeness (QED) is 0.888. The van der Waals surface area contributed by atoms with Crippen LogP contribution in [-0.4, -0.2) is 12.0 Å². The van der Waals surface area contributed by atoms with Crippen molar-refractivity contribution in [3.63, 3.8) is 0 Å². The summed E-state index contributed by atoms with van der Waals surface area (Å²) in [7, 11) is 0. The Labute approximate surface area is 141 Å². The smallest absolute Gasteiger partial charge is 0.265 e. The number of fused-ring (bicyclic) bond motifs is 1. The summed E-state index contributed by atoms with van der Waals surface area (Å²) < 4.78 is 5.80. The first kappa shape index (κ1) is 15.9. The van der Waals surface area contributed by atoms with Crippen molar-refractivity contribution in [2.45, 2.75) is 38.7 Å². The molecule has 1 aliphatic carbocycles. The molecule has 0 radical (unpaired) electrons. The molecule has 0 spiro atoms. The minimum Gasteiger partial charge on any atom is -0.481 e. The molecule has 1 N–H and O–H groups in total. The van der Waals surface area contributed by atoms with Crippen LogP contribution in [0.3, 0.4) is 0 Å². The topological polar surface area (TPSA) is 38.3 Å². The molecule has 120 valence electrons. The highest BCUT2D eigenvalue weighted by Gasteiger charge is 2.17. The van der Waals surface area contributed by atoms with Crippen molar-refractivity contribution in [2.24, 2.45) is 0 Å². The molecule has 0 heterocycles. The fraction of sp³-hybridized carbons (Fsp3) is 0.316. The molecule has 0 bridgehead atoms. The van der Waals surface area contributed by atoms with Gasteiger partial charge in [-0.15, -0.1) is 0 Å². The maximum absolute atomic E-state index is 12.3. The summed E-state index contributed by atoms with van der Waals surface area (Å²) in [5.41, 5.74) is 3.34. The zero-order chi connectivity index (χ0) is 16.2. The SMILES string of the molecule is CC(Oc1ccc2c(c1)CCCC2)C(=O)Nc1ccccc1Cl. The lowest BCUT2D eigenvalue weighted by Crippen LogP contribution is -2.30. The lowest BCUT2D eigenvalue weighted by Gasteiger charge is -2.19. The molecule has 0 fully saturated rings. The molecule has 2 aromatic carbocycles. The average Bonchev–Trinajstić information content (AvgIpc) is 2.56. The van der Waals surface area contributed by atoms with E-state index in [1.807, 2.05) is 18.2 Å². The normalized spacial score (nSPS) is 14.7. The van der Waals surface area contributed by atoms with Crippen molar-refractivity contribution in [2.75, 3.05) is 5.32 Å². The second-order valence-electron chi connectivity index (χ2n) is 5.87. The number of hydrogen-bond donors (Lipinski definition) is 1. The Hall–Kier alpha value is -2.00. The number of ether oxygens (including phenoxy) is 1. The molecule has 1 aliphatic rings. The summed E-state index contributed by atoms with van der Waals surface area (Å²) in [6, 6.07) is 13.3. The number of carbonyl (C=O) groups excluding carboxylic acids is 1. The van der Waals surface area contributed by atoms with Gasteiger partial charge in [-0.25, -0.2) is 0 Å². The van der Waals surface area contributed by atoms with Gasteiger partial charge in [0.25, 0.3) is 5.91 Å². The van der Waals surface area contributed by atoms with Crippen LogP contribution in [-0.2, 0) is 17.6 Å². The zero-order valence-electron chi connectivity index (χ0n) is 13.1. The van der Waals surface area contributed by atoms with Crippen LogP contribution in [0.25, 0.3) is 0 Å². The first-order valence-electron chi connectivity index (χ1n) is 7.97. The van der Waals surface area contributed by atoms with Gasteiger partial charge in [0, 0.05) is 0 Å². The first-order chi connectivity index (χ1) is 11.1. The average molecular weight is 330 g/mol. The standard InChI is InChI=1S/C19H20ClNO2/c1-13(19(22)21-18-9-5-4-8-17(18)20)23-16-11-10-14-6-2-3-7-15(14)12-16/h4-5,8-13H,2-3,6-7H2,1H3,(H,21,22). The maximum Gasteiger partial charge on any atom is 0.265 e. The number of nitrogens with one attached hydrogen (secondary N) is 1. The summed E-state index contributed by atoms with van der Waals surface area (Å²) in [6.45, 7) is 1.74. The molecule has 0 aliphatic heterocycles. The fourth-order valence-electron chi connectivity index (χ4n) is 2.84. The van der Waals surface area contributed by atoms with Crippen LogP contribution in [0.4, 0.5) is 5.69 Å². The van der Waals surface area contributed by atoms with Gasteiger partial charge in [-0.3, -0.25) is 4.79 Å². The van der Waals surface area contributed by atoms with Gasteiger partial charge in [-0.05, 0) is 68.0 Å². The first-order valence-corrected chi connectivity index (χ1v) is 8.35. The summed E-state index contributed by atoms with van der Waals surface area (Å²) >= 11 is 6.06. The van der Waals surface area contributed by atoms with E-state index >= 15 is 0 Å². The van der Waals surface area contributed by atoms with E-state index in [0.29, 0.717) is 10.7 Å². The van der Waals surface area contributed by atoms with Crippen molar-refractivity contribution in [3.05, 3.63) is 58.6 Å². The summed E-state index contributed by atoms with van der Waals surface area (Å²) in [5, 5.41) is 3.31. The molecular weight excluding hydrogens is 310 g/mol. The number of hydrogen-bond acceptors (Lipinski definition) is 2. The Balaban J connectivity index is 1.65. The predicted octanol–water partition coefficient (Wildman–Crippen LogP) is 4.62. The van der Waals surface area contributed by atoms with Gasteiger partial charge in [-0.2, -0.15) is 0 Å². The Morgan fingerprint density at radius 2 is 1.87 bits per heavy atom. The Morgan fingerprint density at radius 1 is 1.13 bits per heavy atom. The molecule has 1 amide bonds. The highest BCUT2D eigenvalue weighted by molar-refractivity contribution is 6.33. The van der Waals surface area contributed by atoms with E-state index in [-0.39, 0.29) is 5.91 Å². The van der Waals surface area contributed by atoms with Crippen LogP contribution in [0.15, 0.2) is 42.5 Å². The van der Waals surface area contributed by atoms with E-state index in [9.17, 15) is 4.79 Å². The molecule has 1 atom stereocenters. The highest BCUT2D eigenvalue weighted by atomic mass is 35.5. The van der Waals surface area contributed by atoms with Gasteiger partial charge in [0.05, 0.1) is 10.7 Å². The number of rotatable bonds is 4. The van der Waals surface area contributed by atoms with Crippen LogP contribution < -0.4 is 10.1 Å². The third-order valence-electron chi connectivity index (χ3n) is 4.13. The van der Waals surface area contributed by atoms with E-state index in [1.54, 1.807) is 19.1 Å². The Kier molecular flexibility index (Phi) is 4.87. The molecule has 3 rings (SSSR count). The number of para-hydroxylation sites is 1. The van der Waals surface area contributed by atoms with E-state index in [0.717, 1.165) is 18.6 Å². The second-order valence-corrected chi connectivity index (χ2v) is 6.27. The number of halogens is 1. The molecular formula is C19H20ClNO2. The lowest BCUT2D eigenvalue weighted by atomic mass is 9.92. The summed E-state index contributed by atoms with van der Waals surface area (Å²) in [6.07, 6.45) is 4.11. The van der Waals surface area contributed by atoms with Crippen molar-refractivity contribution in [3.8, 4) is 5.75 Å². The van der Waals surface area contributed by atoms with Crippen LogP contribution in [0, 0.1) is 0 Å². The molecule has 0 aromatic heterocycles. The largest absolute Gasteiger partial charge is 0.481 e. The van der Waals surface area contributed by atoms with Gasteiger partial charge >= 0.3 is 0 Å². The zero-order valence-corrected chi connectivity index (χ0v) is 13.9. The van der Waals surface area contributed by atoms with Gasteiger partial charge < -0.3 is 10.1 Å². The van der Waals surface area contributed by atoms with Crippen molar-refractivity contribution in [1.82, 2.24) is 0 Å². The number of carbonyl (C=O) groups is 1. The molecule has 3 nitrogen and oxygen atoms in total. The monoisotopic (exact) mass is 329 g/mol. The third-order valence-corrected chi connectivity index (χ3v) is 4.46.